The topological polar surface area (TPSA) is 104 Å². The number of hydrogen-bond acceptors (Lipinski definition) is 5. The predicted molar refractivity (Wildman–Crippen MR) is 45.7 cm³/mol. The van der Waals surface area contributed by atoms with Crippen LogP contribution in [-0.4, -0.2) is 15.4 Å². The van der Waals surface area contributed by atoms with Crippen LogP contribution >= 0.6 is 11.9 Å². The van der Waals surface area contributed by atoms with E-state index in [0.29, 0.717) is 0 Å². The van der Waals surface area contributed by atoms with E-state index in [1.165, 1.54) is 0 Å². The molecule has 0 heterocycles. The molecule has 0 aliphatic rings. The van der Waals surface area contributed by atoms with Crippen molar-refractivity contribution >= 4 is 17.9 Å². The molecule has 0 aromatic heterocycles. The highest BCUT2D eigenvalue weighted by molar-refractivity contribution is 7.93. The van der Waals surface area contributed by atoms with Crippen LogP contribution in [0.1, 0.15) is 10.4 Å². The highest BCUT2D eigenvalue weighted by Crippen LogP contribution is 2.25. The molecular weight excluding hydrogens is 210 g/mol. The number of hydrogen-bond donors (Lipinski definition) is 1. The Labute approximate surface area is 82.5 Å². The summed E-state index contributed by atoms with van der Waals surface area (Å²) in [6.07, 6.45) is 0. The first-order valence-corrected chi connectivity index (χ1v) is 4.15. The largest absolute Gasteiger partial charge is 0.872 e. The fourth-order valence-corrected chi connectivity index (χ4v) is 1.37. The molecule has 7 heteroatoms. The molecule has 74 valence electrons. The van der Waals surface area contributed by atoms with E-state index in [9.17, 15) is 20.0 Å². The Morgan fingerprint density at radius 3 is 2.64 bits per heavy atom. The van der Waals surface area contributed by atoms with Crippen molar-refractivity contribution in [3.63, 3.8) is 0 Å². The predicted octanol–water partition coefficient (Wildman–Crippen LogP) is 0.742. The monoisotopic (exact) mass is 214 g/mol. The van der Waals surface area contributed by atoms with Crippen molar-refractivity contribution in [2.24, 2.45) is 0 Å². The van der Waals surface area contributed by atoms with E-state index in [1.807, 2.05) is 0 Å². The van der Waals surface area contributed by atoms with Crippen LogP contribution in [0.4, 0.5) is 0 Å². The molecule has 1 aromatic carbocycles. The second-order valence-corrected chi connectivity index (χ2v) is 3.20. The van der Waals surface area contributed by atoms with Gasteiger partial charge in [0.05, 0.1) is 10.5 Å². The average Bonchev–Trinajstić information content (AvgIpc) is 2.07. The van der Waals surface area contributed by atoms with Crippen molar-refractivity contribution in [3.05, 3.63) is 33.9 Å². The summed E-state index contributed by atoms with van der Waals surface area (Å²) in [4.78, 5) is 20.7. The molecule has 1 rings (SSSR count). The number of carbonyl (C=O) groups is 1. The third kappa shape index (κ3) is 2.36. The van der Waals surface area contributed by atoms with Gasteiger partial charge in [0.15, 0.2) is 0 Å². The number of nitrogens with zero attached hydrogens (tertiary/aromatic N) is 1. The average molecular weight is 214 g/mol. The molecule has 0 aliphatic carbocycles. The molecule has 14 heavy (non-hydrogen) atoms. The maximum Gasteiger partial charge on any atom is 0.337 e. The van der Waals surface area contributed by atoms with Crippen LogP contribution in [0, 0.1) is 10.1 Å². The van der Waals surface area contributed by atoms with Gasteiger partial charge in [-0.1, -0.05) is 12.1 Å². The SMILES string of the molecule is O=C(O)c1cc([O-])ccc1S[N+](=O)[O-]. The number of benzene rings is 1. The van der Waals surface area contributed by atoms with Crippen molar-refractivity contribution in [1.82, 2.24) is 0 Å². The van der Waals surface area contributed by atoms with E-state index in [2.05, 4.69) is 0 Å². The Hall–Kier alpha value is -1.76. The normalized spacial score (nSPS) is 9.71. The number of carboxylic acids is 1. The molecule has 6 nitrogen and oxygen atoms in total. The van der Waals surface area contributed by atoms with E-state index in [1.54, 1.807) is 0 Å². The lowest BCUT2D eigenvalue weighted by Gasteiger charge is -2.06. The molecule has 0 radical (unpaired) electrons. The lowest BCUT2D eigenvalue weighted by Crippen LogP contribution is -2.02. The Morgan fingerprint density at radius 2 is 2.14 bits per heavy atom. The fourth-order valence-electron chi connectivity index (χ4n) is 0.836. The third-order valence-corrected chi connectivity index (χ3v) is 2.06. The summed E-state index contributed by atoms with van der Waals surface area (Å²) in [6, 6.07) is 3.06. The van der Waals surface area contributed by atoms with Gasteiger partial charge in [-0.3, -0.25) is 10.1 Å². The van der Waals surface area contributed by atoms with E-state index < -0.39 is 16.0 Å². The van der Waals surface area contributed by atoms with Gasteiger partial charge in [0.1, 0.15) is 4.33 Å². The molecule has 0 saturated carbocycles. The second kappa shape index (κ2) is 3.97. The fraction of sp³-hybridized carbons (Fsp3) is 0. The smallest absolute Gasteiger partial charge is 0.337 e. The first-order chi connectivity index (χ1) is 6.50. The van der Waals surface area contributed by atoms with Crippen LogP contribution < -0.4 is 5.11 Å². The maximum absolute atomic E-state index is 10.8. The van der Waals surface area contributed by atoms with Crippen LogP contribution in [-0.2, 0) is 0 Å². The summed E-state index contributed by atoms with van der Waals surface area (Å²) in [6.45, 7) is 0. The van der Waals surface area contributed by atoms with Crippen LogP contribution in [0.25, 0.3) is 0 Å². The molecule has 0 atom stereocenters. The molecule has 0 saturated heterocycles. The second-order valence-electron chi connectivity index (χ2n) is 2.28. The molecule has 0 amide bonds. The van der Waals surface area contributed by atoms with Gasteiger partial charge in [-0.25, -0.2) is 4.79 Å². The van der Waals surface area contributed by atoms with Crippen molar-refractivity contribution in [2.75, 3.05) is 0 Å². The number of carboxylic acid groups (broad SMARTS) is 1. The molecule has 0 unspecified atom stereocenters. The Balaban J connectivity index is 3.14. The molecule has 0 bridgehead atoms. The summed E-state index contributed by atoms with van der Waals surface area (Å²) in [7, 11) is 0. The molecule has 0 aliphatic heterocycles. The van der Waals surface area contributed by atoms with E-state index >= 15 is 0 Å². The quantitative estimate of drug-likeness (QED) is 0.452. The van der Waals surface area contributed by atoms with Crippen LogP contribution in [0.5, 0.6) is 5.75 Å². The summed E-state index contributed by atoms with van der Waals surface area (Å²) >= 11 is 0.165. The van der Waals surface area contributed by atoms with Gasteiger partial charge in [0.25, 0.3) is 11.9 Å². The summed E-state index contributed by atoms with van der Waals surface area (Å²) in [5, 5.41) is 29.5. The zero-order valence-corrected chi connectivity index (χ0v) is 7.48. The van der Waals surface area contributed by atoms with Crippen molar-refractivity contribution in [3.8, 4) is 5.75 Å². The standard InChI is InChI=1S/C7H5NO5S/c9-4-1-2-6(14-8(12)13)5(3-4)7(10)11/h1-3,9H,(H,10,11)/p-1. The minimum absolute atomic E-state index is 0.0536. The summed E-state index contributed by atoms with van der Waals surface area (Å²) < 4.78 is -0.730. The Bertz CT molecular complexity index is 392. The van der Waals surface area contributed by atoms with Crippen molar-refractivity contribution in [1.29, 1.82) is 0 Å². The first kappa shape index (κ1) is 10.3. The van der Waals surface area contributed by atoms with Gasteiger partial charge in [0.2, 0.25) is 0 Å². The molecule has 0 fully saturated rings. The van der Waals surface area contributed by atoms with Crippen molar-refractivity contribution < 1.29 is 19.3 Å². The lowest BCUT2D eigenvalue weighted by molar-refractivity contribution is -0.284. The van der Waals surface area contributed by atoms with Crippen LogP contribution in [0.15, 0.2) is 23.1 Å². The summed E-state index contributed by atoms with van der Waals surface area (Å²) in [5.74, 6) is -1.85. The van der Waals surface area contributed by atoms with Crippen molar-refractivity contribution in [2.45, 2.75) is 4.90 Å². The maximum atomic E-state index is 10.8. The molecular formula is C7H4NO5S-. The minimum atomic E-state index is -1.35. The highest BCUT2D eigenvalue weighted by Gasteiger charge is 2.15. The highest BCUT2D eigenvalue weighted by atomic mass is 32.2. The number of aromatic carboxylic acids is 1. The third-order valence-electron chi connectivity index (χ3n) is 1.35. The first-order valence-electron chi connectivity index (χ1n) is 3.37. The number of nitro groups is 1. The lowest BCUT2D eigenvalue weighted by atomic mass is 10.2. The van der Waals surface area contributed by atoms with Gasteiger partial charge >= 0.3 is 5.97 Å². The van der Waals surface area contributed by atoms with Crippen LogP contribution in [0.2, 0.25) is 0 Å². The van der Waals surface area contributed by atoms with E-state index in [-0.39, 0.29) is 22.4 Å². The molecule has 0 spiro atoms. The van der Waals surface area contributed by atoms with Gasteiger partial charge in [0, 0.05) is 0 Å². The Kier molecular flexibility index (Phi) is 2.92. The molecule has 1 aromatic rings. The van der Waals surface area contributed by atoms with Gasteiger partial charge in [-0.05, 0) is 6.07 Å². The van der Waals surface area contributed by atoms with E-state index in [0.717, 1.165) is 18.2 Å². The number of rotatable bonds is 3. The Morgan fingerprint density at radius 1 is 1.50 bits per heavy atom. The zero-order chi connectivity index (χ0) is 10.7. The van der Waals surface area contributed by atoms with E-state index in [4.69, 9.17) is 5.11 Å². The van der Waals surface area contributed by atoms with Crippen LogP contribution in [0.3, 0.4) is 0 Å². The van der Waals surface area contributed by atoms with Gasteiger partial charge < -0.3 is 10.2 Å². The molecule has 1 N–H and O–H groups in total. The summed E-state index contributed by atoms with van der Waals surface area (Å²) in [5.41, 5.74) is -0.348. The zero-order valence-electron chi connectivity index (χ0n) is 6.67. The van der Waals surface area contributed by atoms with Gasteiger partial charge in [-0.2, -0.15) is 0 Å². The minimum Gasteiger partial charge on any atom is -0.872 e. The van der Waals surface area contributed by atoms with Gasteiger partial charge in [-0.15, -0.1) is 5.75 Å².